The molecule has 1 heterocycles. The minimum absolute atomic E-state index is 0.0359. The van der Waals surface area contributed by atoms with E-state index in [2.05, 4.69) is 4.99 Å². The summed E-state index contributed by atoms with van der Waals surface area (Å²) < 4.78 is 5.31. The molecule has 1 fully saturated rings. The Hall–Kier alpha value is -1.06. The van der Waals surface area contributed by atoms with Crippen molar-refractivity contribution in [3.63, 3.8) is 0 Å². The molecule has 2 aliphatic rings. The van der Waals surface area contributed by atoms with Crippen molar-refractivity contribution in [2.45, 2.75) is 31.8 Å². The van der Waals surface area contributed by atoms with E-state index >= 15 is 0 Å². The van der Waals surface area contributed by atoms with Gasteiger partial charge in [-0.05, 0) is 19.3 Å². The SMILES string of the molecule is CC1CCCC12OC(N)=NC2=O. The number of hydrogen-bond acceptors (Lipinski definition) is 3. The number of ether oxygens (including phenoxy) is 1. The van der Waals surface area contributed by atoms with Crippen molar-refractivity contribution in [3.05, 3.63) is 0 Å². The molecule has 2 unspecified atom stereocenters. The summed E-state index contributed by atoms with van der Waals surface area (Å²) in [6.07, 6.45) is 2.81. The Bertz CT molecular complexity index is 262. The molecular formula is C8H12N2O2. The predicted octanol–water partition coefficient (Wildman–Crippen LogP) is 0.417. The fourth-order valence-corrected chi connectivity index (χ4v) is 2.07. The largest absolute Gasteiger partial charge is 0.448 e. The quantitative estimate of drug-likeness (QED) is 0.570. The van der Waals surface area contributed by atoms with Gasteiger partial charge < -0.3 is 10.5 Å². The lowest BCUT2D eigenvalue weighted by Gasteiger charge is -2.24. The maximum Gasteiger partial charge on any atom is 0.294 e. The van der Waals surface area contributed by atoms with Gasteiger partial charge in [0.1, 0.15) is 0 Å². The third-order valence-corrected chi connectivity index (χ3v) is 2.84. The Balaban J connectivity index is 2.29. The van der Waals surface area contributed by atoms with Crippen molar-refractivity contribution in [1.29, 1.82) is 0 Å². The highest BCUT2D eigenvalue weighted by Gasteiger charge is 2.52. The fraction of sp³-hybridized carbons (Fsp3) is 0.750. The fourth-order valence-electron chi connectivity index (χ4n) is 2.07. The van der Waals surface area contributed by atoms with E-state index in [1.807, 2.05) is 6.92 Å². The average Bonchev–Trinajstić information content (AvgIpc) is 2.44. The van der Waals surface area contributed by atoms with E-state index in [9.17, 15) is 4.79 Å². The number of amidine groups is 1. The van der Waals surface area contributed by atoms with E-state index in [0.717, 1.165) is 19.3 Å². The number of nitrogens with two attached hydrogens (primary N) is 1. The van der Waals surface area contributed by atoms with Crippen molar-refractivity contribution in [1.82, 2.24) is 0 Å². The summed E-state index contributed by atoms with van der Waals surface area (Å²) in [7, 11) is 0. The van der Waals surface area contributed by atoms with Crippen molar-refractivity contribution < 1.29 is 9.53 Å². The molecular weight excluding hydrogens is 156 g/mol. The second-order valence-electron chi connectivity index (χ2n) is 3.54. The van der Waals surface area contributed by atoms with Crippen LogP contribution in [0, 0.1) is 5.92 Å². The zero-order valence-electron chi connectivity index (χ0n) is 7.04. The van der Waals surface area contributed by atoms with E-state index in [-0.39, 0.29) is 17.8 Å². The van der Waals surface area contributed by atoms with Crippen molar-refractivity contribution in [3.8, 4) is 0 Å². The van der Waals surface area contributed by atoms with Crippen LogP contribution in [0.5, 0.6) is 0 Å². The minimum Gasteiger partial charge on any atom is -0.448 e. The van der Waals surface area contributed by atoms with Crippen LogP contribution in [0.1, 0.15) is 26.2 Å². The minimum atomic E-state index is -0.690. The summed E-state index contributed by atoms with van der Waals surface area (Å²) in [5.41, 5.74) is 4.66. The Kier molecular flexibility index (Phi) is 1.40. The van der Waals surface area contributed by atoms with E-state index in [1.165, 1.54) is 0 Å². The zero-order chi connectivity index (χ0) is 8.77. The Labute approximate surface area is 70.8 Å². The van der Waals surface area contributed by atoms with Gasteiger partial charge in [-0.2, -0.15) is 4.99 Å². The molecule has 0 aromatic carbocycles. The summed E-state index contributed by atoms with van der Waals surface area (Å²) >= 11 is 0. The highest BCUT2D eigenvalue weighted by molar-refractivity contribution is 6.01. The lowest BCUT2D eigenvalue weighted by Crippen LogP contribution is -2.40. The van der Waals surface area contributed by atoms with E-state index < -0.39 is 5.60 Å². The molecule has 2 rings (SSSR count). The summed E-state index contributed by atoms with van der Waals surface area (Å²) in [5, 5.41) is 0. The van der Waals surface area contributed by atoms with Gasteiger partial charge in [0, 0.05) is 5.92 Å². The molecule has 4 nitrogen and oxygen atoms in total. The monoisotopic (exact) mass is 168 g/mol. The molecule has 0 bridgehead atoms. The number of amides is 1. The topological polar surface area (TPSA) is 64.7 Å². The molecule has 4 heteroatoms. The molecule has 0 aromatic heterocycles. The van der Waals surface area contributed by atoms with Gasteiger partial charge in [-0.15, -0.1) is 0 Å². The first kappa shape index (κ1) is 7.58. The van der Waals surface area contributed by atoms with Gasteiger partial charge in [0.25, 0.3) is 11.9 Å². The Morgan fingerprint density at radius 1 is 1.75 bits per heavy atom. The summed E-state index contributed by atoms with van der Waals surface area (Å²) in [5.74, 6) is 0.0554. The molecule has 12 heavy (non-hydrogen) atoms. The van der Waals surface area contributed by atoms with E-state index in [4.69, 9.17) is 10.5 Å². The number of nitrogens with zero attached hydrogens (tertiary/aromatic N) is 1. The summed E-state index contributed by atoms with van der Waals surface area (Å²) in [4.78, 5) is 15.0. The van der Waals surface area contributed by atoms with Crippen molar-refractivity contribution in [2.75, 3.05) is 0 Å². The van der Waals surface area contributed by atoms with E-state index in [0.29, 0.717) is 0 Å². The van der Waals surface area contributed by atoms with Crippen molar-refractivity contribution in [2.24, 2.45) is 16.6 Å². The number of aliphatic imine (C=N–C) groups is 1. The van der Waals surface area contributed by atoms with Crippen LogP contribution in [0.25, 0.3) is 0 Å². The molecule has 1 amide bonds. The first-order valence-electron chi connectivity index (χ1n) is 4.23. The molecule has 0 radical (unpaired) electrons. The molecule has 1 aliphatic heterocycles. The second kappa shape index (κ2) is 2.21. The third-order valence-electron chi connectivity index (χ3n) is 2.84. The van der Waals surface area contributed by atoms with Crippen LogP contribution in [0.3, 0.4) is 0 Å². The van der Waals surface area contributed by atoms with Crippen molar-refractivity contribution >= 4 is 11.9 Å². The molecule has 2 atom stereocenters. The van der Waals surface area contributed by atoms with Gasteiger partial charge in [0.15, 0.2) is 5.60 Å². The van der Waals surface area contributed by atoms with Crippen LogP contribution < -0.4 is 5.73 Å². The maximum atomic E-state index is 11.4. The summed E-state index contributed by atoms with van der Waals surface area (Å²) in [6.45, 7) is 2.01. The molecule has 2 N–H and O–H groups in total. The lowest BCUT2D eigenvalue weighted by molar-refractivity contribution is -0.133. The number of carbonyl (C=O) groups excluding carboxylic acids is 1. The Morgan fingerprint density at radius 3 is 2.92 bits per heavy atom. The molecule has 1 saturated carbocycles. The smallest absolute Gasteiger partial charge is 0.294 e. The molecule has 1 aliphatic carbocycles. The number of rotatable bonds is 0. The van der Waals surface area contributed by atoms with Gasteiger partial charge in [-0.1, -0.05) is 6.92 Å². The van der Waals surface area contributed by atoms with Gasteiger partial charge in [-0.3, -0.25) is 4.79 Å². The van der Waals surface area contributed by atoms with Crippen LogP contribution >= 0.6 is 0 Å². The average molecular weight is 168 g/mol. The van der Waals surface area contributed by atoms with Gasteiger partial charge in [-0.25, -0.2) is 0 Å². The van der Waals surface area contributed by atoms with Crippen LogP contribution in [0.15, 0.2) is 4.99 Å². The van der Waals surface area contributed by atoms with Gasteiger partial charge in [0.05, 0.1) is 0 Å². The van der Waals surface area contributed by atoms with Crippen LogP contribution in [-0.4, -0.2) is 17.5 Å². The predicted molar refractivity (Wildman–Crippen MR) is 43.5 cm³/mol. The first-order valence-corrected chi connectivity index (χ1v) is 4.23. The molecule has 0 saturated heterocycles. The first-order chi connectivity index (χ1) is 5.65. The number of carbonyl (C=O) groups is 1. The van der Waals surface area contributed by atoms with Crippen LogP contribution in [0.2, 0.25) is 0 Å². The number of hydrogen-bond donors (Lipinski definition) is 1. The zero-order valence-corrected chi connectivity index (χ0v) is 7.04. The summed E-state index contributed by atoms with van der Waals surface area (Å²) in [6, 6.07) is 0.0359. The third kappa shape index (κ3) is 0.777. The van der Waals surface area contributed by atoms with Crippen LogP contribution in [-0.2, 0) is 9.53 Å². The van der Waals surface area contributed by atoms with Crippen LogP contribution in [0.4, 0.5) is 0 Å². The normalized spacial score (nSPS) is 40.2. The maximum absolute atomic E-state index is 11.4. The van der Waals surface area contributed by atoms with Gasteiger partial charge in [0.2, 0.25) is 0 Å². The van der Waals surface area contributed by atoms with E-state index in [1.54, 1.807) is 0 Å². The Morgan fingerprint density at radius 2 is 2.50 bits per heavy atom. The second-order valence-corrected chi connectivity index (χ2v) is 3.54. The highest BCUT2D eigenvalue weighted by Crippen LogP contribution is 2.41. The van der Waals surface area contributed by atoms with Gasteiger partial charge >= 0.3 is 0 Å². The molecule has 66 valence electrons. The standard InChI is InChI=1S/C8H12N2O2/c1-5-3-2-4-8(5)6(11)10-7(9)12-8/h5H,2-4H2,1H3,(H2,9,10,11). The molecule has 0 aromatic rings. The molecule has 1 spiro atoms. The lowest BCUT2D eigenvalue weighted by atomic mass is 9.92. The highest BCUT2D eigenvalue weighted by atomic mass is 16.5.